The van der Waals surface area contributed by atoms with Gasteiger partial charge in [-0.25, -0.2) is 17.8 Å². The highest BCUT2D eigenvalue weighted by atomic mass is 32.2. The van der Waals surface area contributed by atoms with Gasteiger partial charge in [-0.15, -0.1) is 0 Å². The maximum Gasteiger partial charge on any atom is 0.235 e. The van der Waals surface area contributed by atoms with Crippen molar-refractivity contribution in [3.8, 4) is 11.5 Å². The number of morpholine rings is 1. The Balaban J connectivity index is 1.30. The maximum absolute atomic E-state index is 13.0. The zero-order chi connectivity index (χ0) is 25.5. The topological polar surface area (TPSA) is 102 Å². The molecular formula is C26H30FN3O5S. The SMILES string of the molecule is Cc1oc(-c2ccc(CN3CCOCC3)cc2)nc1CS(=O)(=O)CC(=O)NCCc1ccc(F)cc1. The molecular weight excluding hydrogens is 485 g/mol. The number of carbonyl (C=O) groups excluding carboxylic acids is 1. The third kappa shape index (κ3) is 7.46. The average Bonchev–Trinajstić information content (AvgIpc) is 3.20. The lowest BCUT2D eigenvalue weighted by Gasteiger charge is -2.26. The van der Waals surface area contributed by atoms with Gasteiger partial charge >= 0.3 is 0 Å². The quantitative estimate of drug-likeness (QED) is 0.443. The fraction of sp³-hybridized carbons (Fsp3) is 0.385. The van der Waals surface area contributed by atoms with Crippen molar-refractivity contribution in [1.82, 2.24) is 15.2 Å². The first kappa shape index (κ1) is 26.0. The van der Waals surface area contributed by atoms with Crippen molar-refractivity contribution >= 4 is 15.7 Å². The Morgan fingerprint density at radius 2 is 1.72 bits per heavy atom. The van der Waals surface area contributed by atoms with Gasteiger partial charge in [0.1, 0.15) is 17.3 Å². The molecule has 10 heteroatoms. The standard InChI is InChI=1S/C26H30FN3O5S/c1-19-24(17-36(32,33)18-25(31)28-11-10-20-4-8-23(27)9-5-20)29-26(35-19)22-6-2-21(3-7-22)16-30-12-14-34-15-13-30/h2-9H,10-18H2,1H3,(H,28,31). The Morgan fingerprint density at radius 1 is 1.06 bits per heavy atom. The van der Waals surface area contributed by atoms with Gasteiger partial charge in [0.2, 0.25) is 11.8 Å². The van der Waals surface area contributed by atoms with E-state index in [1.165, 1.54) is 12.1 Å². The molecule has 1 saturated heterocycles. The van der Waals surface area contributed by atoms with Crippen molar-refractivity contribution in [2.45, 2.75) is 25.6 Å². The van der Waals surface area contributed by atoms with Crippen molar-refractivity contribution in [2.24, 2.45) is 0 Å². The van der Waals surface area contributed by atoms with Crippen molar-refractivity contribution < 1.29 is 26.8 Å². The fourth-order valence-corrected chi connectivity index (χ4v) is 5.25. The molecule has 3 aromatic rings. The van der Waals surface area contributed by atoms with Gasteiger partial charge in [0.15, 0.2) is 9.84 Å². The molecule has 0 spiro atoms. The molecule has 4 rings (SSSR count). The molecule has 1 aromatic heterocycles. The van der Waals surface area contributed by atoms with Crippen LogP contribution in [0.3, 0.4) is 0 Å². The van der Waals surface area contributed by atoms with Crippen LogP contribution in [-0.4, -0.2) is 62.8 Å². The number of nitrogens with one attached hydrogen (secondary N) is 1. The van der Waals surface area contributed by atoms with Crippen LogP contribution in [0.5, 0.6) is 0 Å². The zero-order valence-corrected chi connectivity index (χ0v) is 21.0. The van der Waals surface area contributed by atoms with Gasteiger partial charge in [-0.05, 0) is 48.7 Å². The first-order valence-electron chi connectivity index (χ1n) is 11.8. The monoisotopic (exact) mass is 515 g/mol. The van der Waals surface area contributed by atoms with Crippen LogP contribution in [0, 0.1) is 12.7 Å². The second kappa shape index (κ2) is 11.8. The summed E-state index contributed by atoms with van der Waals surface area (Å²) in [4.78, 5) is 18.9. The Morgan fingerprint density at radius 3 is 2.42 bits per heavy atom. The second-order valence-electron chi connectivity index (χ2n) is 8.87. The smallest absolute Gasteiger partial charge is 0.235 e. The number of aryl methyl sites for hydroxylation is 1. The van der Waals surface area contributed by atoms with Crippen molar-refractivity contribution in [3.63, 3.8) is 0 Å². The maximum atomic E-state index is 13.0. The number of carbonyl (C=O) groups is 1. The molecule has 0 aliphatic carbocycles. The molecule has 0 unspecified atom stereocenters. The van der Waals surface area contributed by atoms with Gasteiger partial charge in [0.25, 0.3) is 0 Å². The molecule has 1 aliphatic rings. The Labute approximate surface area is 210 Å². The summed E-state index contributed by atoms with van der Waals surface area (Å²) < 4.78 is 49.3. The molecule has 0 atom stereocenters. The third-order valence-corrected chi connectivity index (χ3v) is 7.38. The predicted octanol–water partition coefficient (Wildman–Crippen LogP) is 2.90. The van der Waals surface area contributed by atoms with E-state index >= 15 is 0 Å². The molecule has 2 heterocycles. The summed E-state index contributed by atoms with van der Waals surface area (Å²) in [5, 5.41) is 2.60. The number of hydrogen-bond acceptors (Lipinski definition) is 7. The number of ether oxygens (including phenoxy) is 1. The number of benzene rings is 2. The van der Waals surface area contributed by atoms with E-state index in [9.17, 15) is 17.6 Å². The van der Waals surface area contributed by atoms with E-state index in [2.05, 4.69) is 15.2 Å². The summed E-state index contributed by atoms with van der Waals surface area (Å²) in [7, 11) is -3.75. The first-order valence-corrected chi connectivity index (χ1v) is 13.7. The lowest BCUT2D eigenvalue weighted by Crippen LogP contribution is -2.35. The van der Waals surface area contributed by atoms with Crippen LogP contribution in [0.15, 0.2) is 52.9 Å². The minimum Gasteiger partial charge on any atom is -0.441 e. The molecule has 8 nitrogen and oxygen atoms in total. The van der Waals surface area contributed by atoms with Crippen LogP contribution in [0.1, 0.15) is 22.6 Å². The summed E-state index contributed by atoms with van der Waals surface area (Å²) in [6, 6.07) is 13.8. The third-order valence-electron chi connectivity index (χ3n) is 5.96. The summed E-state index contributed by atoms with van der Waals surface area (Å²) in [5.41, 5.74) is 3.06. The van der Waals surface area contributed by atoms with Gasteiger partial charge in [-0.1, -0.05) is 24.3 Å². The molecule has 0 radical (unpaired) electrons. The van der Waals surface area contributed by atoms with E-state index in [1.807, 2.05) is 24.3 Å². The number of hydrogen-bond donors (Lipinski definition) is 1. The molecule has 36 heavy (non-hydrogen) atoms. The van der Waals surface area contributed by atoms with Gasteiger partial charge in [-0.2, -0.15) is 0 Å². The molecule has 1 N–H and O–H groups in total. The van der Waals surface area contributed by atoms with Crippen LogP contribution in [0.4, 0.5) is 4.39 Å². The van der Waals surface area contributed by atoms with E-state index in [4.69, 9.17) is 9.15 Å². The summed E-state index contributed by atoms with van der Waals surface area (Å²) in [6.45, 7) is 6.07. The molecule has 192 valence electrons. The normalized spacial score (nSPS) is 14.6. The largest absolute Gasteiger partial charge is 0.441 e. The molecule has 2 aromatic carbocycles. The number of oxazole rings is 1. The highest BCUT2D eigenvalue weighted by Crippen LogP contribution is 2.24. The number of nitrogens with zero attached hydrogens (tertiary/aromatic N) is 2. The number of rotatable bonds is 10. The fourth-order valence-electron chi connectivity index (χ4n) is 3.96. The number of halogens is 1. The van der Waals surface area contributed by atoms with Crippen molar-refractivity contribution in [1.29, 1.82) is 0 Å². The molecule has 0 bridgehead atoms. The van der Waals surface area contributed by atoms with Gasteiger partial charge in [-0.3, -0.25) is 9.69 Å². The van der Waals surface area contributed by atoms with Crippen LogP contribution >= 0.6 is 0 Å². The van der Waals surface area contributed by atoms with Gasteiger partial charge in [0.05, 0.1) is 24.7 Å². The number of aromatic nitrogens is 1. The minimum absolute atomic E-state index is 0.259. The van der Waals surface area contributed by atoms with Crippen molar-refractivity contribution in [3.05, 3.63) is 76.9 Å². The molecule has 0 saturated carbocycles. The van der Waals surface area contributed by atoms with Crippen LogP contribution < -0.4 is 5.32 Å². The van der Waals surface area contributed by atoms with Crippen molar-refractivity contribution in [2.75, 3.05) is 38.6 Å². The van der Waals surface area contributed by atoms with Gasteiger partial charge in [0, 0.05) is 31.7 Å². The molecule has 1 fully saturated rings. The lowest BCUT2D eigenvalue weighted by molar-refractivity contribution is -0.118. The van der Waals surface area contributed by atoms with Crippen LogP contribution in [0.25, 0.3) is 11.5 Å². The zero-order valence-electron chi connectivity index (χ0n) is 20.2. The summed E-state index contributed by atoms with van der Waals surface area (Å²) in [5.74, 6) is -1.20. The Hall–Kier alpha value is -3.08. The summed E-state index contributed by atoms with van der Waals surface area (Å²) in [6.07, 6.45) is 0.475. The van der Waals surface area contributed by atoms with E-state index < -0.39 is 21.5 Å². The Kier molecular flexibility index (Phi) is 8.50. The highest BCUT2D eigenvalue weighted by molar-refractivity contribution is 7.91. The van der Waals surface area contributed by atoms with E-state index in [0.29, 0.717) is 23.8 Å². The first-order chi connectivity index (χ1) is 17.3. The van der Waals surface area contributed by atoms with E-state index in [-0.39, 0.29) is 18.1 Å². The minimum atomic E-state index is -3.75. The Bertz CT molecular complexity index is 1270. The predicted molar refractivity (Wildman–Crippen MR) is 133 cm³/mol. The summed E-state index contributed by atoms with van der Waals surface area (Å²) >= 11 is 0. The van der Waals surface area contributed by atoms with Gasteiger partial charge < -0.3 is 14.5 Å². The van der Waals surface area contributed by atoms with Crippen LogP contribution in [-0.2, 0) is 38.1 Å². The number of sulfone groups is 1. The molecule has 1 amide bonds. The molecule has 1 aliphatic heterocycles. The lowest BCUT2D eigenvalue weighted by atomic mass is 10.1. The van der Waals surface area contributed by atoms with E-state index in [1.54, 1.807) is 19.1 Å². The average molecular weight is 516 g/mol. The number of amides is 1. The van der Waals surface area contributed by atoms with E-state index in [0.717, 1.165) is 49.5 Å². The second-order valence-corrected chi connectivity index (χ2v) is 10.9. The highest BCUT2D eigenvalue weighted by Gasteiger charge is 2.22. The van der Waals surface area contributed by atoms with Crippen LogP contribution in [0.2, 0.25) is 0 Å².